The molecule has 1 aromatic heterocycles. The molecule has 3 rings (SSSR count). The Morgan fingerprint density at radius 1 is 1.24 bits per heavy atom. The third kappa shape index (κ3) is 4.71. The number of anilines is 1. The molecule has 2 atom stereocenters. The lowest BCUT2D eigenvalue weighted by Gasteiger charge is -2.22. The van der Waals surface area contributed by atoms with Gasteiger partial charge in [0.15, 0.2) is 6.54 Å². The smallest absolute Gasteiger partial charge is 0.279 e. The van der Waals surface area contributed by atoms with Gasteiger partial charge in [0.05, 0.1) is 17.1 Å². The summed E-state index contributed by atoms with van der Waals surface area (Å²) in [5, 5.41) is 2.89. The van der Waals surface area contributed by atoms with Gasteiger partial charge < -0.3 is 14.8 Å². The van der Waals surface area contributed by atoms with E-state index in [1.165, 1.54) is 14.9 Å². The van der Waals surface area contributed by atoms with Crippen LogP contribution in [0.3, 0.4) is 0 Å². The van der Waals surface area contributed by atoms with E-state index in [1.54, 1.807) is 24.3 Å². The number of amides is 1. The predicted octanol–water partition coefficient (Wildman–Crippen LogP) is 1.41. The van der Waals surface area contributed by atoms with E-state index in [0.29, 0.717) is 31.4 Å². The van der Waals surface area contributed by atoms with Crippen LogP contribution in [0.4, 0.5) is 5.69 Å². The zero-order valence-electron chi connectivity index (χ0n) is 17.4. The first kappa shape index (κ1) is 21.5. The second-order valence-electron chi connectivity index (χ2n) is 7.49. The van der Waals surface area contributed by atoms with Crippen molar-refractivity contribution in [1.82, 2.24) is 8.87 Å². The van der Waals surface area contributed by atoms with E-state index in [9.17, 15) is 13.2 Å². The summed E-state index contributed by atoms with van der Waals surface area (Å²) in [4.78, 5) is 14.1. The van der Waals surface area contributed by atoms with Gasteiger partial charge in [-0.15, -0.1) is 0 Å². The molecule has 1 aliphatic rings. The third-order valence-electron chi connectivity index (χ3n) is 5.67. The first-order valence-corrected chi connectivity index (χ1v) is 11.7. The summed E-state index contributed by atoms with van der Waals surface area (Å²) in [6, 6.07) is 11.0. The van der Waals surface area contributed by atoms with Crippen LogP contribution in [0.1, 0.15) is 38.4 Å². The molecule has 0 bridgehead atoms. The molecule has 0 radical (unpaired) electrons. The van der Waals surface area contributed by atoms with E-state index in [2.05, 4.69) is 16.0 Å². The molecule has 0 saturated carbocycles. The van der Waals surface area contributed by atoms with E-state index in [0.717, 1.165) is 19.4 Å². The lowest BCUT2D eigenvalue weighted by atomic mass is 10.1. The van der Waals surface area contributed by atoms with Gasteiger partial charge in [-0.3, -0.25) is 4.79 Å². The van der Waals surface area contributed by atoms with Crippen LogP contribution in [0.25, 0.3) is 0 Å². The highest BCUT2D eigenvalue weighted by Crippen LogP contribution is 2.20. The van der Waals surface area contributed by atoms with Crippen molar-refractivity contribution < 1.29 is 18.1 Å². The van der Waals surface area contributed by atoms with Gasteiger partial charge in [-0.2, -0.15) is 4.31 Å². The normalized spacial score (nSPS) is 19.6. The van der Waals surface area contributed by atoms with Crippen molar-refractivity contribution in [2.24, 2.45) is 7.05 Å². The molecular formula is C21H31N4O3S+. The Bertz CT molecular complexity index is 950. The summed E-state index contributed by atoms with van der Waals surface area (Å²) >= 11 is 0. The first-order valence-electron chi connectivity index (χ1n) is 10.2. The summed E-state index contributed by atoms with van der Waals surface area (Å²) in [6.07, 6.45) is 4.20. The molecule has 1 fully saturated rings. The quantitative estimate of drug-likeness (QED) is 0.679. The number of benzene rings is 1. The number of carbonyl (C=O) groups excluding carboxylic acids is 1. The number of hydrogen-bond donors (Lipinski definition) is 2. The summed E-state index contributed by atoms with van der Waals surface area (Å²) in [6.45, 7) is 5.77. The number of aromatic nitrogens is 1. The van der Waals surface area contributed by atoms with Crippen LogP contribution in [0, 0.1) is 0 Å². The molecule has 1 aliphatic heterocycles. The number of carbonyl (C=O) groups is 1. The number of nitrogens with zero attached hydrogens (tertiary/aromatic N) is 2. The topological polar surface area (TPSA) is 75.8 Å². The van der Waals surface area contributed by atoms with Gasteiger partial charge in [0.2, 0.25) is 10.0 Å². The summed E-state index contributed by atoms with van der Waals surface area (Å²) in [5.41, 5.74) is 1.76. The van der Waals surface area contributed by atoms with Crippen LogP contribution < -0.4 is 10.2 Å². The fourth-order valence-electron chi connectivity index (χ4n) is 4.17. The maximum absolute atomic E-state index is 12.7. The van der Waals surface area contributed by atoms with Crippen LogP contribution in [-0.4, -0.2) is 49.4 Å². The molecule has 158 valence electrons. The van der Waals surface area contributed by atoms with Crippen molar-refractivity contribution in [3.05, 3.63) is 48.3 Å². The molecule has 29 heavy (non-hydrogen) atoms. The van der Waals surface area contributed by atoms with Crippen LogP contribution >= 0.6 is 0 Å². The lowest BCUT2D eigenvalue weighted by molar-refractivity contribution is -0.910. The number of quaternary nitrogens is 1. The number of nitrogens with one attached hydrogen (secondary N) is 2. The maximum Gasteiger partial charge on any atom is 0.279 e. The standard InChI is InChI=1S/C21H30N4O3S/c1-4-25(5-2)29(27,28)18-10-6-9-17(15-18)22-21(26)16-24-14-8-12-20(24)19-11-7-13-23(19)3/h6-7,9-11,13,15,20H,4-5,8,12,14,16H2,1-3H3,(H,22,26)/p+1/t20-/m0/s1. The van der Waals surface area contributed by atoms with Crippen molar-refractivity contribution in [1.29, 1.82) is 0 Å². The number of sulfonamides is 1. The van der Waals surface area contributed by atoms with Gasteiger partial charge in [0.1, 0.15) is 6.04 Å². The van der Waals surface area contributed by atoms with E-state index in [-0.39, 0.29) is 10.8 Å². The van der Waals surface area contributed by atoms with Crippen molar-refractivity contribution in [3.8, 4) is 0 Å². The molecular weight excluding hydrogens is 388 g/mol. The molecule has 1 amide bonds. The Morgan fingerprint density at radius 2 is 2.00 bits per heavy atom. The number of likely N-dealkylation sites (tertiary alicyclic amines) is 1. The second kappa shape index (κ2) is 9.11. The Labute approximate surface area is 173 Å². The highest BCUT2D eigenvalue weighted by atomic mass is 32.2. The largest absolute Gasteiger partial charge is 0.350 e. The third-order valence-corrected chi connectivity index (χ3v) is 7.72. The number of rotatable bonds is 8. The summed E-state index contributed by atoms with van der Waals surface area (Å²) in [5.74, 6) is -0.0986. The van der Waals surface area contributed by atoms with Crippen LogP contribution in [0.5, 0.6) is 0 Å². The molecule has 2 N–H and O–H groups in total. The monoisotopic (exact) mass is 419 g/mol. The SMILES string of the molecule is CCN(CC)S(=O)(=O)c1cccc(NC(=O)C[NH+]2CCC[C@H]2c2cccn2C)c1. The van der Waals surface area contributed by atoms with Gasteiger partial charge >= 0.3 is 0 Å². The Morgan fingerprint density at radius 3 is 2.66 bits per heavy atom. The highest BCUT2D eigenvalue weighted by molar-refractivity contribution is 7.89. The van der Waals surface area contributed by atoms with Gasteiger partial charge in [0, 0.05) is 44.9 Å². The van der Waals surface area contributed by atoms with Gasteiger partial charge in [-0.1, -0.05) is 19.9 Å². The molecule has 7 nitrogen and oxygen atoms in total. The Hall–Kier alpha value is -2.16. The minimum absolute atomic E-state index is 0.0986. The molecule has 0 spiro atoms. The molecule has 0 aliphatic carbocycles. The predicted molar refractivity (Wildman–Crippen MR) is 113 cm³/mol. The minimum atomic E-state index is -3.55. The molecule has 8 heteroatoms. The van der Waals surface area contributed by atoms with Crippen LogP contribution in [0.2, 0.25) is 0 Å². The average Bonchev–Trinajstić information content (AvgIpc) is 3.31. The van der Waals surface area contributed by atoms with E-state index >= 15 is 0 Å². The first-order chi connectivity index (χ1) is 13.9. The van der Waals surface area contributed by atoms with Gasteiger partial charge in [0.25, 0.3) is 5.91 Å². The fraction of sp³-hybridized carbons (Fsp3) is 0.476. The fourth-order valence-corrected chi connectivity index (χ4v) is 5.68. The lowest BCUT2D eigenvalue weighted by Crippen LogP contribution is -3.11. The Kier molecular flexibility index (Phi) is 6.77. The summed E-state index contributed by atoms with van der Waals surface area (Å²) < 4.78 is 29.0. The number of aryl methyl sites for hydroxylation is 1. The van der Waals surface area contributed by atoms with Crippen molar-refractivity contribution in [3.63, 3.8) is 0 Å². The van der Waals surface area contributed by atoms with Crippen LogP contribution in [0.15, 0.2) is 47.5 Å². The summed E-state index contributed by atoms with van der Waals surface area (Å²) in [7, 11) is -1.52. The average molecular weight is 420 g/mol. The number of hydrogen-bond acceptors (Lipinski definition) is 3. The molecule has 1 aromatic carbocycles. The zero-order valence-corrected chi connectivity index (χ0v) is 18.2. The molecule has 2 heterocycles. The van der Waals surface area contributed by atoms with Gasteiger partial charge in [-0.25, -0.2) is 8.42 Å². The van der Waals surface area contributed by atoms with Crippen molar-refractivity contribution in [2.75, 3.05) is 31.5 Å². The zero-order chi connectivity index (χ0) is 21.0. The maximum atomic E-state index is 12.7. The van der Waals surface area contributed by atoms with E-state index in [4.69, 9.17) is 0 Å². The van der Waals surface area contributed by atoms with E-state index < -0.39 is 10.0 Å². The molecule has 1 saturated heterocycles. The highest BCUT2D eigenvalue weighted by Gasteiger charge is 2.33. The van der Waals surface area contributed by atoms with Crippen molar-refractivity contribution in [2.45, 2.75) is 37.6 Å². The van der Waals surface area contributed by atoms with E-state index in [1.807, 2.05) is 33.2 Å². The minimum Gasteiger partial charge on any atom is -0.350 e. The Balaban J connectivity index is 1.69. The van der Waals surface area contributed by atoms with Crippen molar-refractivity contribution >= 4 is 21.6 Å². The molecule has 1 unspecified atom stereocenters. The van der Waals surface area contributed by atoms with Gasteiger partial charge in [-0.05, 0) is 30.3 Å². The second-order valence-corrected chi connectivity index (χ2v) is 9.43. The molecule has 2 aromatic rings. The van der Waals surface area contributed by atoms with Crippen LogP contribution in [-0.2, 0) is 21.9 Å².